The molecule has 3 rings (SSSR count). The highest BCUT2D eigenvalue weighted by atomic mass is 16.2. The molecule has 0 spiro atoms. The third kappa shape index (κ3) is 2.48. The van der Waals surface area contributed by atoms with Crippen molar-refractivity contribution in [1.82, 2.24) is 14.7 Å². The van der Waals surface area contributed by atoms with E-state index in [0.29, 0.717) is 37.3 Å². The van der Waals surface area contributed by atoms with E-state index in [-0.39, 0.29) is 5.91 Å². The highest BCUT2D eigenvalue weighted by Gasteiger charge is 2.41. The molecule has 1 aromatic carbocycles. The van der Waals surface area contributed by atoms with Gasteiger partial charge in [0.1, 0.15) is 6.04 Å². The molecule has 7 heteroatoms. The number of nitrogens with zero attached hydrogens (tertiary/aromatic N) is 3. The molecule has 0 radical (unpaired) electrons. The molecule has 23 heavy (non-hydrogen) atoms. The average molecular weight is 315 g/mol. The van der Waals surface area contributed by atoms with Crippen LogP contribution in [0.4, 0.5) is 0 Å². The van der Waals surface area contributed by atoms with E-state index in [1.165, 1.54) is 0 Å². The second-order valence-corrected chi connectivity index (χ2v) is 5.67. The Hall–Kier alpha value is -2.70. The quantitative estimate of drug-likeness (QED) is 0.580. The van der Waals surface area contributed by atoms with Gasteiger partial charge in [-0.1, -0.05) is 12.1 Å². The fraction of sp³-hybridized carbons (Fsp3) is 0.375. The van der Waals surface area contributed by atoms with E-state index in [1.807, 2.05) is 0 Å². The molecule has 1 atom stereocenters. The predicted molar refractivity (Wildman–Crippen MR) is 80.6 cm³/mol. The van der Waals surface area contributed by atoms with Crippen LogP contribution in [0.3, 0.4) is 0 Å². The maximum atomic E-state index is 12.6. The van der Waals surface area contributed by atoms with Crippen molar-refractivity contribution in [2.45, 2.75) is 13.0 Å². The van der Waals surface area contributed by atoms with Crippen LogP contribution in [0.2, 0.25) is 0 Å². The first-order chi connectivity index (χ1) is 11.0. The Bertz CT molecular complexity index is 645. The van der Waals surface area contributed by atoms with Gasteiger partial charge in [0.2, 0.25) is 12.3 Å². The molecular formula is C16H17N3O4. The lowest BCUT2D eigenvalue weighted by Crippen LogP contribution is -2.54. The van der Waals surface area contributed by atoms with Crippen molar-refractivity contribution >= 4 is 24.1 Å². The molecule has 0 unspecified atom stereocenters. The monoisotopic (exact) mass is 315 g/mol. The van der Waals surface area contributed by atoms with E-state index in [0.717, 1.165) is 11.3 Å². The lowest BCUT2D eigenvalue weighted by molar-refractivity contribution is -0.138. The summed E-state index contributed by atoms with van der Waals surface area (Å²) in [6.45, 7) is 3.31. The van der Waals surface area contributed by atoms with Gasteiger partial charge in [-0.2, -0.15) is 0 Å². The Morgan fingerprint density at radius 2 is 1.57 bits per heavy atom. The van der Waals surface area contributed by atoms with Crippen molar-refractivity contribution in [3.05, 3.63) is 35.4 Å². The number of rotatable bonds is 3. The standard InChI is InChI=1S/C16H17N3O4/c1-11(14(21)18-8-6-17(10-20)7-9-18)19-15(22)12-4-2-3-5-13(12)16(19)23/h2-5,10-11H,6-9H2,1H3/t11-/m0/s1. The van der Waals surface area contributed by atoms with E-state index in [2.05, 4.69) is 0 Å². The van der Waals surface area contributed by atoms with Gasteiger partial charge in [0.05, 0.1) is 11.1 Å². The Kier molecular flexibility index (Phi) is 3.85. The van der Waals surface area contributed by atoms with Gasteiger partial charge in [-0.3, -0.25) is 24.1 Å². The molecule has 0 bridgehead atoms. The van der Waals surface area contributed by atoms with Crippen molar-refractivity contribution in [1.29, 1.82) is 0 Å². The average Bonchev–Trinajstić information content (AvgIpc) is 2.85. The summed E-state index contributed by atoms with van der Waals surface area (Å²) >= 11 is 0. The summed E-state index contributed by atoms with van der Waals surface area (Å²) in [5, 5.41) is 0. The van der Waals surface area contributed by atoms with E-state index in [1.54, 1.807) is 41.0 Å². The van der Waals surface area contributed by atoms with Crippen LogP contribution in [0.1, 0.15) is 27.6 Å². The third-order valence-electron chi connectivity index (χ3n) is 4.35. The fourth-order valence-electron chi connectivity index (χ4n) is 2.98. The minimum atomic E-state index is -0.856. The molecule has 120 valence electrons. The lowest BCUT2D eigenvalue weighted by Gasteiger charge is -2.35. The number of hydrogen-bond acceptors (Lipinski definition) is 4. The van der Waals surface area contributed by atoms with Crippen molar-refractivity contribution < 1.29 is 19.2 Å². The van der Waals surface area contributed by atoms with Crippen LogP contribution in [-0.4, -0.2) is 71.1 Å². The first-order valence-electron chi connectivity index (χ1n) is 7.49. The normalized spacial score (nSPS) is 18.9. The molecule has 0 saturated carbocycles. The molecule has 2 heterocycles. The second-order valence-electron chi connectivity index (χ2n) is 5.67. The summed E-state index contributed by atoms with van der Waals surface area (Å²) in [5.74, 6) is -1.14. The van der Waals surface area contributed by atoms with Gasteiger partial charge in [0, 0.05) is 26.2 Å². The number of hydrogen-bond donors (Lipinski definition) is 0. The zero-order valence-electron chi connectivity index (χ0n) is 12.8. The third-order valence-corrected chi connectivity index (χ3v) is 4.35. The first kappa shape index (κ1) is 15.2. The SMILES string of the molecule is C[C@@H](C(=O)N1CCN(C=O)CC1)N1C(=O)c2ccccc2C1=O. The van der Waals surface area contributed by atoms with Crippen molar-refractivity contribution in [3.63, 3.8) is 0 Å². The van der Waals surface area contributed by atoms with Gasteiger partial charge in [-0.15, -0.1) is 0 Å². The molecular weight excluding hydrogens is 298 g/mol. The predicted octanol–water partition coefficient (Wildman–Crippen LogP) is -0.0283. The Balaban J connectivity index is 1.75. The Labute approximate surface area is 133 Å². The summed E-state index contributed by atoms with van der Waals surface area (Å²) in [6.07, 6.45) is 0.759. The van der Waals surface area contributed by atoms with Gasteiger partial charge in [-0.05, 0) is 19.1 Å². The summed E-state index contributed by atoms with van der Waals surface area (Å²) in [7, 11) is 0. The molecule has 2 aliphatic rings. The van der Waals surface area contributed by atoms with Crippen molar-refractivity contribution in [2.75, 3.05) is 26.2 Å². The minimum Gasteiger partial charge on any atom is -0.342 e. The Morgan fingerprint density at radius 3 is 2.04 bits per heavy atom. The molecule has 1 saturated heterocycles. The maximum Gasteiger partial charge on any atom is 0.262 e. The molecule has 0 aliphatic carbocycles. The van der Waals surface area contributed by atoms with Gasteiger partial charge < -0.3 is 9.80 Å². The summed E-state index contributed by atoms with van der Waals surface area (Å²) in [5.41, 5.74) is 0.672. The number of imide groups is 1. The van der Waals surface area contributed by atoms with Gasteiger partial charge in [0.25, 0.3) is 11.8 Å². The molecule has 0 aromatic heterocycles. The van der Waals surface area contributed by atoms with Gasteiger partial charge in [-0.25, -0.2) is 0 Å². The highest BCUT2D eigenvalue weighted by molar-refractivity contribution is 6.22. The fourth-order valence-corrected chi connectivity index (χ4v) is 2.98. The van der Waals surface area contributed by atoms with Gasteiger partial charge >= 0.3 is 0 Å². The molecule has 7 nitrogen and oxygen atoms in total. The van der Waals surface area contributed by atoms with Crippen molar-refractivity contribution in [3.8, 4) is 0 Å². The van der Waals surface area contributed by atoms with Crippen LogP contribution in [0.15, 0.2) is 24.3 Å². The van der Waals surface area contributed by atoms with Gasteiger partial charge in [0.15, 0.2) is 0 Å². The topological polar surface area (TPSA) is 78.0 Å². The zero-order chi connectivity index (χ0) is 16.6. The van der Waals surface area contributed by atoms with Crippen molar-refractivity contribution in [2.24, 2.45) is 0 Å². The maximum absolute atomic E-state index is 12.6. The smallest absolute Gasteiger partial charge is 0.262 e. The number of carbonyl (C=O) groups is 4. The van der Waals surface area contributed by atoms with E-state index < -0.39 is 17.9 Å². The van der Waals surface area contributed by atoms with Crippen LogP contribution in [0.5, 0.6) is 0 Å². The molecule has 0 N–H and O–H groups in total. The van der Waals surface area contributed by atoms with Crippen LogP contribution in [0.25, 0.3) is 0 Å². The van der Waals surface area contributed by atoms with E-state index in [9.17, 15) is 19.2 Å². The van der Waals surface area contributed by atoms with Crippen LogP contribution < -0.4 is 0 Å². The lowest BCUT2D eigenvalue weighted by atomic mass is 10.1. The van der Waals surface area contributed by atoms with Crippen LogP contribution in [0, 0.1) is 0 Å². The summed E-state index contributed by atoms with van der Waals surface area (Å²) < 4.78 is 0. The highest BCUT2D eigenvalue weighted by Crippen LogP contribution is 2.25. The number of amides is 4. The zero-order valence-corrected chi connectivity index (χ0v) is 12.8. The Morgan fingerprint density at radius 1 is 1.04 bits per heavy atom. The molecule has 1 fully saturated rings. The summed E-state index contributed by atoms with van der Waals surface area (Å²) in [6, 6.07) is 5.72. The van der Waals surface area contributed by atoms with Crippen LogP contribution in [-0.2, 0) is 9.59 Å². The number of benzene rings is 1. The molecule has 1 aromatic rings. The largest absolute Gasteiger partial charge is 0.342 e. The second kappa shape index (κ2) is 5.83. The summed E-state index contributed by atoms with van der Waals surface area (Å²) in [4.78, 5) is 52.4. The molecule has 2 aliphatic heterocycles. The minimum absolute atomic E-state index is 0.273. The van der Waals surface area contributed by atoms with Crippen LogP contribution >= 0.6 is 0 Å². The van der Waals surface area contributed by atoms with E-state index in [4.69, 9.17) is 0 Å². The number of piperazine rings is 1. The first-order valence-corrected chi connectivity index (χ1v) is 7.49. The molecule has 4 amide bonds. The number of fused-ring (bicyclic) bond motifs is 1. The van der Waals surface area contributed by atoms with E-state index >= 15 is 0 Å². The number of carbonyl (C=O) groups excluding carboxylic acids is 4.